The number of carbonyl (C=O) groups is 1. The molecule has 0 aliphatic heterocycles. The number of urea groups is 1. The first-order chi connectivity index (χ1) is 12.1. The van der Waals surface area contributed by atoms with E-state index in [0.717, 1.165) is 18.7 Å². The zero-order chi connectivity index (χ0) is 18.1. The van der Waals surface area contributed by atoms with Gasteiger partial charge < -0.3 is 10.6 Å². The van der Waals surface area contributed by atoms with Crippen LogP contribution in [0.15, 0.2) is 54.6 Å². The first kappa shape index (κ1) is 18.9. The lowest BCUT2D eigenvalue weighted by Gasteiger charge is -2.30. The van der Waals surface area contributed by atoms with Crippen LogP contribution < -0.4 is 10.6 Å². The minimum atomic E-state index is -0.280. The first-order valence-electron chi connectivity index (χ1n) is 8.69. The van der Waals surface area contributed by atoms with Gasteiger partial charge in [-0.15, -0.1) is 0 Å². The van der Waals surface area contributed by atoms with Gasteiger partial charge in [0.15, 0.2) is 0 Å². The van der Waals surface area contributed by atoms with Crippen molar-refractivity contribution in [2.75, 3.05) is 19.6 Å². The average molecular weight is 343 g/mol. The van der Waals surface area contributed by atoms with Crippen LogP contribution in [0, 0.1) is 5.82 Å². The molecule has 0 aromatic heterocycles. The molecule has 0 saturated carbocycles. The number of hydrogen-bond donors (Lipinski definition) is 2. The van der Waals surface area contributed by atoms with E-state index in [1.165, 1.54) is 17.7 Å². The third-order valence-electron chi connectivity index (χ3n) is 4.26. The predicted molar refractivity (Wildman–Crippen MR) is 98.7 cm³/mol. The van der Waals surface area contributed by atoms with Crippen LogP contribution in [0.5, 0.6) is 0 Å². The second kappa shape index (κ2) is 9.79. The standard InChI is InChI=1S/C20H26FN3O/c1-3-24(4-2)19(17-8-6-5-7-9-17)15-23-20(25)22-14-16-10-12-18(21)13-11-16/h5-13,19H,3-4,14-15H2,1-2H3,(H2,22,23,25)/t19-/m1/s1. The zero-order valence-corrected chi connectivity index (χ0v) is 14.8. The van der Waals surface area contributed by atoms with E-state index in [4.69, 9.17) is 0 Å². The summed E-state index contributed by atoms with van der Waals surface area (Å²) in [5.41, 5.74) is 2.05. The van der Waals surface area contributed by atoms with Crippen LogP contribution in [0.1, 0.15) is 31.0 Å². The van der Waals surface area contributed by atoms with E-state index in [9.17, 15) is 9.18 Å². The fourth-order valence-corrected chi connectivity index (χ4v) is 2.83. The van der Waals surface area contributed by atoms with E-state index >= 15 is 0 Å². The summed E-state index contributed by atoms with van der Waals surface area (Å²) < 4.78 is 12.9. The number of benzene rings is 2. The van der Waals surface area contributed by atoms with E-state index in [0.29, 0.717) is 13.1 Å². The second-order valence-corrected chi connectivity index (χ2v) is 5.84. The number of nitrogens with zero attached hydrogens (tertiary/aromatic N) is 1. The van der Waals surface area contributed by atoms with Crippen molar-refractivity contribution in [1.82, 2.24) is 15.5 Å². The zero-order valence-electron chi connectivity index (χ0n) is 14.8. The van der Waals surface area contributed by atoms with Crippen molar-refractivity contribution in [1.29, 1.82) is 0 Å². The number of hydrogen-bond acceptors (Lipinski definition) is 2. The highest BCUT2D eigenvalue weighted by Crippen LogP contribution is 2.19. The van der Waals surface area contributed by atoms with Gasteiger partial charge in [0.2, 0.25) is 0 Å². The number of amides is 2. The smallest absolute Gasteiger partial charge is 0.315 e. The van der Waals surface area contributed by atoms with Crippen molar-refractivity contribution in [3.63, 3.8) is 0 Å². The van der Waals surface area contributed by atoms with Crippen LogP contribution in [0.25, 0.3) is 0 Å². The molecule has 4 nitrogen and oxygen atoms in total. The summed E-state index contributed by atoms with van der Waals surface area (Å²) in [4.78, 5) is 14.4. The Morgan fingerprint density at radius 2 is 1.64 bits per heavy atom. The molecule has 0 fully saturated rings. The van der Waals surface area contributed by atoms with Gasteiger partial charge in [-0.05, 0) is 36.3 Å². The Balaban J connectivity index is 1.90. The predicted octanol–water partition coefficient (Wildman–Crippen LogP) is 3.71. The Morgan fingerprint density at radius 3 is 2.24 bits per heavy atom. The number of rotatable bonds is 8. The van der Waals surface area contributed by atoms with Crippen LogP contribution in [0.2, 0.25) is 0 Å². The summed E-state index contributed by atoms with van der Waals surface area (Å²) in [5, 5.41) is 5.76. The van der Waals surface area contributed by atoms with Gasteiger partial charge in [0, 0.05) is 13.1 Å². The Morgan fingerprint density at radius 1 is 1.00 bits per heavy atom. The molecular formula is C20H26FN3O. The van der Waals surface area contributed by atoms with E-state index < -0.39 is 0 Å². The molecule has 1 atom stereocenters. The Kier molecular flexibility index (Phi) is 7.41. The van der Waals surface area contributed by atoms with Gasteiger partial charge >= 0.3 is 6.03 Å². The molecule has 2 N–H and O–H groups in total. The molecule has 2 aromatic rings. The summed E-state index contributed by atoms with van der Waals surface area (Å²) in [6, 6.07) is 16.2. The molecule has 0 heterocycles. The number of likely N-dealkylation sites (N-methyl/N-ethyl adjacent to an activating group) is 1. The van der Waals surface area contributed by atoms with Crippen molar-refractivity contribution in [2.24, 2.45) is 0 Å². The molecular weight excluding hydrogens is 317 g/mol. The molecule has 2 amide bonds. The molecule has 0 spiro atoms. The third-order valence-corrected chi connectivity index (χ3v) is 4.26. The van der Waals surface area contributed by atoms with Crippen molar-refractivity contribution in [2.45, 2.75) is 26.4 Å². The molecule has 5 heteroatoms. The van der Waals surface area contributed by atoms with Crippen molar-refractivity contribution < 1.29 is 9.18 Å². The van der Waals surface area contributed by atoms with Gasteiger partial charge in [0.05, 0.1) is 6.04 Å². The van der Waals surface area contributed by atoms with E-state index in [1.807, 2.05) is 18.2 Å². The lowest BCUT2D eigenvalue weighted by atomic mass is 10.1. The molecule has 0 aliphatic carbocycles. The fraction of sp³-hybridized carbons (Fsp3) is 0.350. The highest BCUT2D eigenvalue weighted by atomic mass is 19.1. The van der Waals surface area contributed by atoms with Gasteiger partial charge in [-0.25, -0.2) is 9.18 Å². The topological polar surface area (TPSA) is 44.4 Å². The maximum absolute atomic E-state index is 12.9. The van der Waals surface area contributed by atoms with Crippen LogP contribution in [-0.2, 0) is 6.54 Å². The normalized spacial score (nSPS) is 12.0. The van der Waals surface area contributed by atoms with Gasteiger partial charge in [-0.1, -0.05) is 56.3 Å². The summed E-state index contributed by atoms with van der Waals surface area (Å²) in [6.07, 6.45) is 0. The summed E-state index contributed by atoms with van der Waals surface area (Å²) in [5.74, 6) is -0.280. The summed E-state index contributed by atoms with van der Waals surface area (Å²) >= 11 is 0. The van der Waals surface area contributed by atoms with E-state index in [-0.39, 0.29) is 17.9 Å². The molecule has 2 rings (SSSR count). The molecule has 134 valence electrons. The maximum Gasteiger partial charge on any atom is 0.315 e. The van der Waals surface area contributed by atoms with Gasteiger partial charge in [-0.3, -0.25) is 4.90 Å². The second-order valence-electron chi connectivity index (χ2n) is 5.84. The number of carbonyl (C=O) groups excluding carboxylic acids is 1. The Bertz CT molecular complexity index is 642. The van der Waals surface area contributed by atoms with Crippen LogP contribution in [0.4, 0.5) is 9.18 Å². The SMILES string of the molecule is CCN(CC)[C@H](CNC(=O)NCc1ccc(F)cc1)c1ccccc1. The van der Waals surface area contributed by atoms with E-state index in [2.05, 4.69) is 41.5 Å². The lowest BCUT2D eigenvalue weighted by molar-refractivity contribution is 0.206. The fourth-order valence-electron chi connectivity index (χ4n) is 2.83. The van der Waals surface area contributed by atoms with E-state index in [1.54, 1.807) is 12.1 Å². The highest BCUT2D eigenvalue weighted by molar-refractivity contribution is 5.73. The molecule has 0 unspecified atom stereocenters. The van der Waals surface area contributed by atoms with Gasteiger partial charge in [0.1, 0.15) is 5.82 Å². The van der Waals surface area contributed by atoms with Crippen LogP contribution in [-0.4, -0.2) is 30.6 Å². The van der Waals surface area contributed by atoms with Crippen molar-refractivity contribution in [3.8, 4) is 0 Å². The quantitative estimate of drug-likeness (QED) is 0.767. The Hall–Kier alpha value is -2.40. The highest BCUT2D eigenvalue weighted by Gasteiger charge is 2.18. The van der Waals surface area contributed by atoms with Crippen molar-refractivity contribution in [3.05, 3.63) is 71.5 Å². The number of halogens is 1. The van der Waals surface area contributed by atoms with Crippen molar-refractivity contribution >= 4 is 6.03 Å². The monoisotopic (exact) mass is 343 g/mol. The summed E-state index contributed by atoms with van der Waals surface area (Å²) in [6.45, 7) is 6.96. The largest absolute Gasteiger partial charge is 0.336 e. The third kappa shape index (κ3) is 5.87. The van der Waals surface area contributed by atoms with Crippen LogP contribution >= 0.6 is 0 Å². The lowest BCUT2D eigenvalue weighted by Crippen LogP contribution is -2.42. The molecule has 0 radical (unpaired) electrons. The van der Waals surface area contributed by atoms with Gasteiger partial charge in [0.25, 0.3) is 0 Å². The minimum Gasteiger partial charge on any atom is -0.336 e. The summed E-state index contributed by atoms with van der Waals surface area (Å²) in [7, 11) is 0. The average Bonchev–Trinajstić information content (AvgIpc) is 2.65. The molecule has 0 saturated heterocycles. The number of nitrogens with one attached hydrogen (secondary N) is 2. The minimum absolute atomic E-state index is 0.132. The molecule has 0 aliphatic rings. The first-order valence-corrected chi connectivity index (χ1v) is 8.69. The Labute approximate surface area is 149 Å². The molecule has 2 aromatic carbocycles. The van der Waals surface area contributed by atoms with Gasteiger partial charge in [-0.2, -0.15) is 0 Å². The maximum atomic E-state index is 12.9. The van der Waals surface area contributed by atoms with Crippen LogP contribution in [0.3, 0.4) is 0 Å². The molecule has 25 heavy (non-hydrogen) atoms. The molecule has 0 bridgehead atoms.